The lowest BCUT2D eigenvalue weighted by atomic mass is 10.1. The smallest absolute Gasteiger partial charge is 0.264 e. The molecule has 37 heavy (non-hydrogen) atoms. The number of sulfonamides is 1. The van der Waals surface area contributed by atoms with E-state index in [4.69, 9.17) is 10.5 Å². The second-order valence-electron chi connectivity index (χ2n) is 9.29. The molecule has 2 heterocycles. The van der Waals surface area contributed by atoms with Crippen molar-refractivity contribution in [2.75, 3.05) is 23.2 Å². The Morgan fingerprint density at radius 2 is 1.59 bits per heavy atom. The number of aromatic nitrogens is 1. The Morgan fingerprint density at radius 3 is 2.22 bits per heavy atom. The van der Waals surface area contributed by atoms with Gasteiger partial charge in [0.05, 0.1) is 29.4 Å². The van der Waals surface area contributed by atoms with Crippen LogP contribution >= 0.6 is 0 Å². The molecule has 0 saturated carbocycles. The van der Waals surface area contributed by atoms with Gasteiger partial charge in [-0.1, -0.05) is 72.8 Å². The lowest BCUT2D eigenvalue weighted by Crippen LogP contribution is -2.47. The molecule has 0 fully saturated rings. The molecule has 1 aliphatic heterocycles. The molecule has 0 aliphatic carbocycles. The van der Waals surface area contributed by atoms with Crippen LogP contribution in [-0.2, 0) is 23.1 Å². The van der Waals surface area contributed by atoms with Gasteiger partial charge in [0.25, 0.3) is 10.0 Å². The molecule has 2 N–H and O–H groups in total. The van der Waals surface area contributed by atoms with Crippen molar-refractivity contribution in [2.24, 2.45) is 0 Å². The predicted octanol–water partition coefficient (Wildman–Crippen LogP) is 4.63. The van der Waals surface area contributed by atoms with Crippen molar-refractivity contribution in [3.63, 3.8) is 0 Å². The zero-order valence-electron chi connectivity index (χ0n) is 20.7. The summed E-state index contributed by atoms with van der Waals surface area (Å²) in [7, 11) is -3.92. The van der Waals surface area contributed by atoms with Crippen LogP contribution in [0.5, 0.6) is 5.88 Å². The van der Waals surface area contributed by atoms with Gasteiger partial charge < -0.3 is 10.5 Å². The first kappa shape index (κ1) is 24.8. The minimum atomic E-state index is -3.92. The predicted molar refractivity (Wildman–Crippen MR) is 146 cm³/mol. The fourth-order valence-electron chi connectivity index (χ4n) is 4.57. The highest BCUT2D eigenvalue weighted by molar-refractivity contribution is 7.92. The summed E-state index contributed by atoms with van der Waals surface area (Å²) in [6.45, 7) is 3.61. The van der Waals surface area contributed by atoms with Crippen molar-refractivity contribution in [3.8, 4) is 5.88 Å². The average Bonchev–Trinajstić information content (AvgIpc) is 3.09. The molecule has 3 aromatic carbocycles. The van der Waals surface area contributed by atoms with Crippen molar-refractivity contribution in [1.29, 1.82) is 0 Å². The lowest BCUT2D eigenvalue weighted by Gasteiger charge is -2.33. The lowest BCUT2D eigenvalue weighted by molar-refractivity contribution is 0.129. The van der Waals surface area contributed by atoms with Crippen LogP contribution in [0.4, 0.5) is 11.4 Å². The largest absolute Gasteiger partial charge is 0.474 e. The van der Waals surface area contributed by atoms with Crippen molar-refractivity contribution < 1.29 is 13.2 Å². The number of aryl methyl sites for hydroxylation is 1. The minimum Gasteiger partial charge on any atom is -0.474 e. The van der Waals surface area contributed by atoms with Crippen LogP contribution in [0.2, 0.25) is 0 Å². The van der Waals surface area contributed by atoms with E-state index >= 15 is 0 Å². The number of hydrogen-bond donors (Lipinski definition) is 1. The van der Waals surface area contributed by atoms with Crippen LogP contribution in [0, 0.1) is 6.92 Å². The molecule has 8 heteroatoms. The van der Waals surface area contributed by atoms with Gasteiger partial charge >= 0.3 is 0 Å². The molecule has 0 bridgehead atoms. The normalized spacial score (nSPS) is 15.6. The monoisotopic (exact) mass is 514 g/mol. The number of nitrogen functional groups attached to an aromatic ring is 1. The highest BCUT2D eigenvalue weighted by Crippen LogP contribution is 2.36. The SMILES string of the molecule is Cc1cccc(S(=O)(=O)N2CC(N(Cc3ccccc3)Cc3ccccc3)COc3ncc(N)cc32)c1. The molecule has 0 saturated heterocycles. The van der Waals surface area contributed by atoms with E-state index in [-0.39, 0.29) is 30.0 Å². The molecule has 190 valence electrons. The summed E-state index contributed by atoms with van der Waals surface area (Å²) < 4.78 is 35.6. The quantitative estimate of drug-likeness (QED) is 0.387. The Labute approximate surface area is 218 Å². The maximum Gasteiger partial charge on any atom is 0.264 e. The van der Waals surface area contributed by atoms with Crippen LogP contribution in [0.15, 0.2) is 102 Å². The number of ether oxygens (including phenoxy) is 1. The minimum absolute atomic E-state index is 0.189. The number of anilines is 2. The van der Waals surface area contributed by atoms with E-state index in [1.165, 1.54) is 10.5 Å². The van der Waals surface area contributed by atoms with Gasteiger partial charge in [0.15, 0.2) is 0 Å². The highest BCUT2D eigenvalue weighted by Gasteiger charge is 2.35. The third-order valence-electron chi connectivity index (χ3n) is 6.46. The fourth-order valence-corrected chi connectivity index (χ4v) is 6.16. The van der Waals surface area contributed by atoms with Crippen LogP contribution in [-0.4, -0.2) is 37.5 Å². The summed E-state index contributed by atoms with van der Waals surface area (Å²) in [6.07, 6.45) is 1.49. The number of fused-ring (bicyclic) bond motifs is 1. The van der Waals surface area contributed by atoms with Gasteiger partial charge in [0, 0.05) is 13.1 Å². The maximum atomic E-state index is 14.0. The van der Waals surface area contributed by atoms with Crippen molar-refractivity contribution in [1.82, 2.24) is 9.88 Å². The number of nitrogens with zero attached hydrogens (tertiary/aromatic N) is 3. The fraction of sp³-hybridized carbons (Fsp3) is 0.207. The number of pyridine rings is 1. The molecule has 1 atom stereocenters. The zero-order valence-corrected chi connectivity index (χ0v) is 21.5. The summed E-state index contributed by atoms with van der Waals surface area (Å²) in [6, 6.07) is 28.6. The topological polar surface area (TPSA) is 88.8 Å². The average molecular weight is 515 g/mol. The Bertz CT molecular complexity index is 1420. The van der Waals surface area contributed by atoms with E-state index in [0.717, 1.165) is 16.7 Å². The van der Waals surface area contributed by atoms with Crippen LogP contribution in [0.1, 0.15) is 16.7 Å². The number of nitrogens with two attached hydrogens (primary N) is 1. The van der Waals surface area contributed by atoms with E-state index in [0.29, 0.717) is 24.5 Å². The second-order valence-corrected chi connectivity index (χ2v) is 11.1. The molecular weight excluding hydrogens is 484 g/mol. The number of benzene rings is 3. The van der Waals surface area contributed by atoms with Crippen molar-refractivity contribution in [3.05, 3.63) is 114 Å². The summed E-state index contributed by atoms with van der Waals surface area (Å²) in [4.78, 5) is 6.83. The van der Waals surface area contributed by atoms with Gasteiger partial charge in [-0.3, -0.25) is 9.21 Å². The van der Waals surface area contributed by atoms with Gasteiger partial charge in [-0.15, -0.1) is 0 Å². The van der Waals surface area contributed by atoms with E-state index < -0.39 is 10.0 Å². The molecule has 0 radical (unpaired) electrons. The van der Waals surface area contributed by atoms with Crippen molar-refractivity contribution >= 4 is 21.4 Å². The molecule has 4 aromatic rings. The molecule has 7 nitrogen and oxygen atoms in total. The number of rotatable bonds is 7. The highest BCUT2D eigenvalue weighted by atomic mass is 32.2. The summed E-state index contributed by atoms with van der Waals surface area (Å²) in [5.41, 5.74) is 9.91. The molecular formula is C29H30N4O3S. The molecule has 1 unspecified atom stereocenters. The van der Waals surface area contributed by atoms with Crippen LogP contribution in [0.25, 0.3) is 0 Å². The van der Waals surface area contributed by atoms with Gasteiger partial charge in [-0.2, -0.15) is 0 Å². The van der Waals surface area contributed by atoms with Gasteiger partial charge in [-0.05, 0) is 41.8 Å². The Hall–Kier alpha value is -3.88. The maximum absolute atomic E-state index is 14.0. The third kappa shape index (κ3) is 5.60. The van der Waals surface area contributed by atoms with E-state index in [1.807, 2.05) is 49.4 Å². The Kier molecular flexibility index (Phi) is 7.12. The molecule has 0 amide bonds. The first-order valence-electron chi connectivity index (χ1n) is 12.2. The van der Waals surface area contributed by atoms with Crippen LogP contribution in [0.3, 0.4) is 0 Å². The molecule has 1 aliphatic rings. The molecule has 5 rings (SSSR count). The summed E-state index contributed by atoms with van der Waals surface area (Å²) >= 11 is 0. The van der Waals surface area contributed by atoms with Gasteiger partial charge in [0.2, 0.25) is 5.88 Å². The standard InChI is InChI=1S/C29H30N4O3S/c1-22-9-8-14-27(15-22)37(34,35)33-20-26(21-36-29-28(33)16-25(30)17-31-29)32(18-23-10-4-2-5-11-23)19-24-12-6-3-7-13-24/h2-17,26H,18-21,30H2,1H3. The number of hydrogen-bond acceptors (Lipinski definition) is 6. The third-order valence-corrected chi connectivity index (χ3v) is 8.24. The van der Waals surface area contributed by atoms with E-state index in [9.17, 15) is 8.42 Å². The Morgan fingerprint density at radius 1 is 0.946 bits per heavy atom. The van der Waals surface area contributed by atoms with E-state index in [2.05, 4.69) is 34.1 Å². The van der Waals surface area contributed by atoms with Gasteiger partial charge in [0.1, 0.15) is 12.3 Å². The van der Waals surface area contributed by atoms with Crippen molar-refractivity contribution in [2.45, 2.75) is 31.0 Å². The Balaban J connectivity index is 1.56. The second kappa shape index (κ2) is 10.6. The molecule has 0 spiro atoms. The first-order chi connectivity index (χ1) is 17.9. The first-order valence-corrected chi connectivity index (χ1v) is 13.6. The summed E-state index contributed by atoms with van der Waals surface area (Å²) in [5, 5.41) is 0. The summed E-state index contributed by atoms with van der Waals surface area (Å²) in [5.74, 6) is 0.257. The zero-order chi connectivity index (χ0) is 25.8. The molecule has 1 aromatic heterocycles. The van der Waals surface area contributed by atoms with E-state index in [1.54, 1.807) is 24.3 Å². The van der Waals surface area contributed by atoms with Crippen LogP contribution < -0.4 is 14.8 Å². The van der Waals surface area contributed by atoms with Gasteiger partial charge in [-0.25, -0.2) is 13.4 Å².